The highest BCUT2D eigenvalue weighted by atomic mass is 32.1. The fourth-order valence-corrected chi connectivity index (χ4v) is 4.72. The Kier molecular flexibility index (Phi) is 5.47. The monoisotopic (exact) mass is 463 g/mol. The molecule has 2 aromatic heterocycles. The Balaban J connectivity index is 1.23. The second-order valence-electron chi connectivity index (χ2n) is 7.64. The number of nitrogens with one attached hydrogen (secondary N) is 1. The number of hydrogen-bond acceptors (Lipinski definition) is 7. The normalized spacial score (nSPS) is 13.2. The summed E-state index contributed by atoms with van der Waals surface area (Å²) in [7, 11) is 0. The van der Waals surface area contributed by atoms with Gasteiger partial charge in [-0.25, -0.2) is 9.48 Å². The Hall–Kier alpha value is -3.85. The van der Waals surface area contributed by atoms with Gasteiger partial charge in [0.1, 0.15) is 9.71 Å². The first-order valence-corrected chi connectivity index (χ1v) is 11.2. The van der Waals surface area contributed by atoms with E-state index in [1.54, 1.807) is 12.1 Å². The summed E-state index contributed by atoms with van der Waals surface area (Å²) in [5.74, 6) is 0.400. The Morgan fingerprint density at radius 2 is 1.94 bits per heavy atom. The van der Waals surface area contributed by atoms with Crippen LogP contribution in [0.15, 0.2) is 54.6 Å². The van der Waals surface area contributed by atoms with Crippen molar-refractivity contribution in [2.24, 2.45) is 0 Å². The molecule has 0 aliphatic carbocycles. The number of hydrogen-bond donors (Lipinski definition) is 1. The van der Waals surface area contributed by atoms with Gasteiger partial charge in [0.25, 0.3) is 5.91 Å². The predicted octanol–water partition coefficient (Wildman–Crippen LogP) is 4.16. The van der Waals surface area contributed by atoms with Crippen molar-refractivity contribution in [1.29, 1.82) is 0 Å². The molecule has 0 saturated heterocycles. The molecule has 1 aliphatic rings. The van der Waals surface area contributed by atoms with Crippen LogP contribution in [-0.4, -0.2) is 35.1 Å². The summed E-state index contributed by atoms with van der Waals surface area (Å²) < 4.78 is 17.8. The van der Waals surface area contributed by atoms with Crippen molar-refractivity contribution in [3.63, 3.8) is 0 Å². The summed E-state index contributed by atoms with van der Waals surface area (Å²) in [6, 6.07) is 16.7. The molecule has 1 atom stereocenters. The highest BCUT2D eigenvalue weighted by Gasteiger charge is 2.20. The summed E-state index contributed by atoms with van der Waals surface area (Å²) in [6.45, 7) is 3.57. The number of para-hydroxylation sites is 1. The third kappa shape index (κ3) is 4.14. The van der Waals surface area contributed by atoms with Crippen molar-refractivity contribution in [3.05, 3.63) is 70.7 Å². The molecule has 9 heteroatoms. The summed E-state index contributed by atoms with van der Waals surface area (Å²) in [4.78, 5) is 26.2. The van der Waals surface area contributed by atoms with Crippen LogP contribution in [0.5, 0.6) is 11.5 Å². The number of esters is 1. The molecule has 1 N–H and O–H groups in total. The zero-order valence-corrected chi connectivity index (χ0v) is 18.8. The molecule has 0 saturated carbocycles. The van der Waals surface area contributed by atoms with E-state index in [4.69, 9.17) is 14.2 Å². The zero-order valence-electron chi connectivity index (χ0n) is 18.0. The number of carbonyl (C=O) groups excluding carboxylic acids is 2. The van der Waals surface area contributed by atoms with Gasteiger partial charge in [-0.05, 0) is 49.7 Å². The number of aromatic nitrogens is 2. The first kappa shape index (κ1) is 21.0. The van der Waals surface area contributed by atoms with Crippen molar-refractivity contribution in [1.82, 2.24) is 15.1 Å². The lowest BCUT2D eigenvalue weighted by Crippen LogP contribution is -2.31. The highest BCUT2D eigenvalue weighted by molar-refractivity contribution is 7.20. The number of rotatable bonds is 6. The molecule has 2 aromatic carbocycles. The smallest absolute Gasteiger partial charge is 0.348 e. The number of carbonyl (C=O) groups is 2. The van der Waals surface area contributed by atoms with Gasteiger partial charge >= 0.3 is 5.97 Å². The van der Waals surface area contributed by atoms with Crippen LogP contribution in [0, 0.1) is 6.92 Å². The second kappa shape index (κ2) is 8.59. The van der Waals surface area contributed by atoms with Crippen molar-refractivity contribution in [2.75, 3.05) is 13.4 Å². The standard InChI is InChI=1S/C24H21N3O5S/c1-14(16-8-9-19-20(10-16)32-13-31-19)25-22(28)12-30-24(29)21-11-18-15(2)26-27(23(18)33-21)17-6-4-3-5-7-17/h3-11,14H,12-13H2,1-2H3,(H,25,28). The van der Waals surface area contributed by atoms with Crippen LogP contribution in [0.3, 0.4) is 0 Å². The molecule has 1 unspecified atom stereocenters. The van der Waals surface area contributed by atoms with Gasteiger partial charge in [0.05, 0.1) is 17.4 Å². The van der Waals surface area contributed by atoms with E-state index in [1.165, 1.54) is 11.3 Å². The highest BCUT2D eigenvalue weighted by Crippen LogP contribution is 2.34. The number of amides is 1. The van der Waals surface area contributed by atoms with Gasteiger partial charge in [-0.15, -0.1) is 11.3 Å². The Morgan fingerprint density at radius 1 is 1.15 bits per heavy atom. The van der Waals surface area contributed by atoms with E-state index < -0.39 is 5.97 Å². The van der Waals surface area contributed by atoms with Crippen LogP contribution in [0.2, 0.25) is 0 Å². The molecular weight excluding hydrogens is 442 g/mol. The maximum atomic E-state index is 12.6. The molecule has 1 amide bonds. The molecular formula is C24H21N3O5S. The number of thiophene rings is 1. The van der Waals surface area contributed by atoms with E-state index in [2.05, 4.69) is 10.4 Å². The molecule has 5 rings (SSSR count). The quantitative estimate of drug-likeness (QED) is 0.432. The van der Waals surface area contributed by atoms with Gasteiger partial charge < -0.3 is 19.5 Å². The Bertz CT molecular complexity index is 1350. The van der Waals surface area contributed by atoms with Crippen LogP contribution in [-0.2, 0) is 9.53 Å². The fraction of sp³-hybridized carbons (Fsp3) is 0.208. The first-order chi connectivity index (χ1) is 16.0. The maximum absolute atomic E-state index is 12.6. The number of ether oxygens (including phenoxy) is 3. The summed E-state index contributed by atoms with van der Waals surface area (Å²) in [6.07, 6.45) is 0. The molecule has 168 valence electrons. The lowest BCUT2D eigenvalue weighted by atomic mass is 10.1. The molecule has 1 aliphatic heterocycles. The minimum Gasteiger partial charge on any atom is -0.454 e. The molecule has 0 bridgehead atoms. The van der Waals surface area contributed by atoms with Crippen LogP contribution in [0.25, 0.3) is 15.9 Å². The van der Waals surface area contributed by atoms with Gasteiger partial charge in [-0.1, -0.05) is 24.3 Å². The number of nitrogens with zero attached hydrogens (tertiary/aromatic N) is 2. The largest absolute Gasteiger partial charge is 0.454 e. The predicted molar refractivity (Wildman–Crippen MR) is 123 cm³/mol. The molecule has 0 spiro atoms. The topological polar surface area (TPSA) is 91.7 Å². The van der Waals surface area contributed by atoms with Crippen LogP contribution >= 0.6 is 11.3 Å². The van der Waals surface area contributed by atoms with Crippen LogP contribution < -0.4 is 14.8 Å². The van der Waals surface area contributed by atoms with E-state index in [9.17, 15) is 9.59 Å². The summed E-state index contributed by atoms with van der Waals surface area (Å²) in [5, 5.41) is 8.29. The van der Waals surface area contributed by atoms with Crippen LogP contribution in [0.1, 0.15) is 33.9 Å². The first-order valence-electron chi connectivity index (χ1n) is 10.4. The zero-order chi connectivity index (χ0) is 22.9. The van der Waals surface area contributed by atoms with Crippen molar-refractivity contribution in [2.45, 2.75) is 19.9 Å². The number of fused-ring (bicyclic) bond motifs is 2. The molecule has 0 radical (unpaired) electrons. The van der Waals surface area contributed by atoms with E-state index in [-0.39, 0.29) is 25.3 Å². The fourth-order valence-electron chi connectivity index (χ4n) is 3.64. The second-order valence-corrected chi connectivity index (χ2v) is 8.67. The Labute approximate surface area is 193 Å². The van der Waals surface area contributed by atoms with Gasteiger partial charge in [0.2, 0.25) is 6.79 Å². The average molecular weight is 464 g/mol. The Morgan fingerprint density at radius 3 is 2.76 bits per heavy atom. The molecule has 4 aromatic rings. The minimum absolute atomic E-state index is 0.191. The molecule has 0 fully saturated rings. The van der Waals surface area contributed by atoms with Gasteiger partial charge in [-0.3, -0.25) is 4.79 Å². The molecule has 3 heterocycles. The van der Waals surface area contributed by atoms with Gasteiger partial charge in [0, 0.05) is 5.39 Å². The van der Waals surface area contributed by atoms with E-state index in [0.29, 0.717) is 16.4 Å². The lowest BCUT2D eigenvalue weighted by Gasteiger charge is -2.14. The number of benzene rings is 2. The minimum atomic E-state index is -0.541. The van der Waals surface area contributed by atoms with E-state index >= 15 is 0 Å². The van der Waals surface area contributed by atoms with Crippen molar-refractivity contribution in [3.8, 4) is 17.2 Å². The van der Waals surface area contributed by atoms with Crippen molar-refractivity contribution >= 4 is 33.4 Å². The third-order valence-electron chi connectivity index (χ3n) is 5.36. The van der Waals surface area contributed by atoms with Gasteiger partial charge in [-0.2, -0.15) is 5.10 Å². The third-order valence-corrected chi connectivity index (χ3v) is 6.45. The lowest BCUT2D eigenvalue weighted by molar-refractivity contribution is -0.124. The van der Waals surface area contributed by atoms with Gasteiger partial charge in [0.15, 0.2) is 18.1 Å². The SMILES string of the molecule is Cc1nn(-c2ccccc2)c2sc(C(=O)OCC(=O)NC(C)c3ccc4c(c3)OCO4)cc12. The van der Waals surface area contributed by atoms with E-state index in [1.807, 2.05) is 61.0 Å². The molecule has 8 nitrogen and oxygen atoms in total. The summed E-state index contributed by atoms with van der Waals surface area (Å²) in [5.41, 5.74) is 2.60. The van der Waals surface area contributed by atoms with Crippen LogP contribution in [0.4, 0.5) is 0 Å². The average Bonchev–Trinajstić information content (AvgIpc) is 3.54. The van der Waals surface area contributed by atoms with E-state index in [0.717, 1.165) is 27.2 Å². The number of aryl methyl sites for hydroxylation is 1. The molecule has 33 heavy (non-hydrogen) atoms. The summed E-state index contributed by atoms with van der Waals surface area (Å²) >= 11 is 1.29. The van der Waals surface area contributed by atoms with Crippen molar-refractivity contribution < 1.29 is 23.8 Å². The maximum Gasteiger partial charge on any atom is 0.348 e.